The van der Waals surface area contributed by atoms with Gasteiger partial charge < -0.3 is 108 Å². The summed E-state index contributed by atoms with van der Waals surface area (Å²) >= 11 is 0. The second-order valence-electron chi connectivity index (χ2n) is 28.4. The third kappa shape index (κ3) is 26.0. The van der Waals surface area contributed by atoms with Gasteiger partial charge in [-0.25, -0.2) is 23.5 Å². The molecule has 18 N–H and O–H groups in total. The molecule has 6 aromatic rings. The van der Waals surface area contributed by atoms with Gasteiger partial charge in [-0.05, 0) is 130 Å². The van der Waals surface area contributed by atoms with Crippen LogP contribution >= 0.6 is 0 Å². The number of primary amides is 1. The number of H-pyrrole nitrogens is 2. The second-order valence-corrected chi connectivity index (χ2v) is 28.4. The van der Waals surface area contributed by atoms with Crippen molar-refractivity contribution in [1.29, 1.82) is 0 Å². The first-order valence-electron chi connectivity index (χ1n) is 37.3. The second kappa shape index (κ2) is 42.4. The minimum atomic E-state index is -2.44. The van der Waals surface area contributed by atoms with Crippen molar-refractivity contribution in [3.8, 4) is 22.6 Å². The van der Waals surface area contributed by atoms with Gasteiger partial charge in [0.25, 0.3) is 0 Å². The average molecular weight is 1630 g/mol. The predicted octanol–water partition coefficient (Wildman–Crippen LogP) is -0.226. The Kier molecular flexibility index (Phi) is 33.1. The van der Waals surface area contributed by atoms with Crippen molar-refractivity contribution >= 4 is 83.0 Å². The number of likely N-dealkylation sites (tertiary alicyclic amines) is 1. The summed E-state index contributed by atoms with van der Waals surface area (Å²) in [7, 11) is 2.62. The first-order valence-corrected chi connectivity index (χ1v) is 37.3. The number of carboxylic acids is 2. The number of ether oxygens (including phenoxy) is 3. The lowest BCUT2D eigenvalue weighted by Crippen LogP contribution is -2.67. The molecule has 37 nitrogen and oxygen atoms in total. The molecule has 2 aromatic heterocycles. The Morgan fingerprint density at radius 3 is 1.85 bits per heavy atom. The Bertz CT molecular complexity index is 4530. The molecule has 0 spiro atoms. The highest BCUT2D eigenvalue weighted by Gasteiger charge is 2.49. The Balaban J connectivity index is 1.08. The number of amides is 12. The van der Waals surface area contributed by atoms with Gasteiger partial charge in [0.05, 0.1) is 70.0 Å². The number of aryl methyl sites for hydroxylation is 2. The Morgan fingerprint density at radius 1 is 0.658 bits per heavy atom. The summed E-state index contributed by atoms with van der Waals surface area (Å²) in [4.78, 5) is 209. The van der Waals surface area contributed by atoms with E-state index in [0.29, 0.717) is 29.0 Å². The molecular weight excluding hydrogens is 1530 g/mol. The van der Waals surface area contributed by atoms with E-state index in [1.165, 1.54) is 74.3 Å². The molecule has 12 atom stereocenters. The number of halogens is 2. The monoisotopic (exact) mass is 1630 g/mol. The van der Waals surface area contributed by atoms with Crippen molar-refractivity contribution in [2.75, 3.05) is 33.9 Å². The van der Waals surface area contributed by atoms with Crippen LogP contribution in [0.2, 0.25) is 0 Å². The number of aliphatic carboxylic acids is 2. The molecule has 0 radical (unpaired) electrons. The van der Waals surface area contributed by atoms with Crippen LogP contribution in [0.1, 0.15) is 107 Å². The molecule has 630 valence electrons. The number of hydrogen-bond donors (Lipinski definition) is 17. The lowest BCUT2D eigenvalue weighted by atomic mass is 9.90. The van der Waals surface area contributed by atoms with E-state index in [1.54, 1.807) is 37.3 Å². The summed E-state index contributed by atoms with van der Waals surface area (Å²) in [6, 6.07) is 6.86. The molecule has 12 amide bonds. The van der Waals surface area contributed by atoms with E-state index in [0.717, 1.165) is 56.7 Å². The first-order chi connectivity index (χ1) is 55.4. The highest BCUT2D eigenvalue weighted by Crippen LogP contribution is 2.32. The minimum Gasteiger partial charge on any atom is -0.497 e. The third-order valence-corrected chi connectivity index (χ3v) is 19.5. The zero-order chi connectivity index (χ0) is 86.0. The number of alkyl carbamates (subject to hydrolysis) is 1. The van der Waals surface area contributed by atoms with Crippen molar-refractivity contribution in [1.82, 2.24) is 78.0 Å². The van der Waals surface area contributed by atoms with E-state index in [1.807, 2.05) is 19.1 Å². The number of carboxylic acid groups (broad SMARTS) is 2. The van der Waals surface area contributed by atoms with Crippen LogP contribution in [0.3, 0.4) is 0 Å². The quantitative estimate of drug-likeness (QED) is 0.0235. The van der Waals surface area contributed by atoms with Crippen LogP contribution in [0.25, 0.3) is 11.1 Å². The molecule has 0 saturated carbocycles. The van der Waals surface area contributed by atoms with Crippen LogP contribution in [0.5, 0.6) is 11.5 Å². The van der Waals surface area contributed by atoms with Gasteiger partial charge in [0.2, 0.25) is 65.0 Å². The van der Waals surface area contributed by atoms with Gasteiger partial charge in [-0.1, -0.05) is 55.5 Å². The van der Waals surface area contributed by atoms with Crippen LogP contribution < -0.4 is 68.4 Å². The maximum atomic E-state index is 15.7. The lowest BCUT2D eigenvalue weighted by molar-refractivity contribution is -0.146. The number of methoxy groups -OCH3 is 2. The van der Waals surface area contributed by atoms with Gasteiger partial charge in [-0.2, -0.15) is 0 Å². The van der Waals surface area contributed by atoms with E-state index >= 15 is 4.39 Å². The fraction of sp³-hybridized carbons (Fsp3) is 0.436. The van der Waals surface area contributed by atoms with Gasteiger partial charge in [0.15, 0.2) is 0 Å². The van der Waals surface area contributed by atoms with Crippen molar-refractivity contribution < 1.29 is 111 Å². The molecule has 1 aliphatic rings. The van der Waals surface area contributed by atoms with E-state index in [9.17, 15) is 91.9 Å². The molecule has 7 rings (SSSR count). The van der Waals surface area contributed by atoms with Gasteiger partial charge in [-0.3, -0.25) is 62.3 Å². The Labute approximate surface area is 670 Å². The number of carbonyl (C=O) groups excluding carboxylic acids is 12. The molecule has 1 aliphatic heterocycles. The fourth-order valence-electron chi connectivity index (χ4n) is 13.0. The number of hydrogen-bond acceptors (Lipinski definition) is 21. The van der Waals surface area contributed by atoms with Gasteiger partial charge in [0, 0.05) is 57.5 Å². The SMILES string of the molecule is CCc1cc(OC)ccc1-c1ccc(C[C@H](NC(=O)[C@H](CC(=O)O)NC(=O)[C@H](Cc2c[nH]cn2)NC(=O)[C@@H](NC(=O)[C@@](C)(Cc2ccccc2F)NC(=O)[C@@H](NC(=O)CNC(=O)[C@H](CCC(=O)O)NC(=O)[C@@]2(C)CCCN2C(=O)[C@H](Cc2c[nH]cn2)NC(=O)OC)[C@@H](C)O)[C@@H](C)O)C(=O)N[C@@H](CCOc2ccc(F)cc2C)C(N)=O)cc1. The number of imidazole rings is 2. The van der Waals surface area contributed by atoms with Gasteiger partial charge in [-0.15, -0.1) is 0 Å². The van der Waals surface area contributed by atoms with E-state index in [-0.39, 0.29) is 62.3 Å². The molecule has 0 aliphatic carbocycles. The van der Waals surface area contributed by atoms with E-state index in [2.05, 4.69) is 73.1 Å². The zero-order valence-electron chi connectivity index (χ0n) is 65.5. The summed E-state index contributed by atoms with van der Waals surface area (Å²) < 4.78 is 45.5. The highest BCUT2D eigenvalue weighted by atomic mass is 19.1. The third-order valence-electron chi connectivity index (χ3n) is 19.5. The number of aromatic nitrogens is 4. The van der Waals surface area contributed by atoms with E-state index < -0.39 is 205 Å². The topological polar surface area (TPSA) is 555 Å². The number of rotatable bonds is 43. The van der Waals surface area contributed by atoms with Crippen molar-refractivity contribution in [2.24, 2.45) is 5.73 Å². The standard InChI is InChI=1S/C78H98F2N16O21/c1-9-45-31-51(115-7)20-21-52(45)46-17-15-44(16-18-46)30-56(68(106)87-54(66(81)104)25-28-117-60-23-19-48(79)29-41(60)2)88-70(108)58(34-63(102)103)89-69(107)57(32-49-36-82-39-85-49)90-71(109)64(42(3)97)94-74(112)77(5,35-47-13-10-11-14-53(47)80)95-72(110)65(43(4)98)93-61(99)38-84-67(105)55(22-24-62(100)101)91-75(113)78(6)26-12-27-96(78)73(111)59(92-76(114)116-8)33-50-37-83-40-86-50/h10-11,13-21,23,29,31,36-37,39-40,42-43,54-59,64-65,97-98H,9,12,22,24-28,30,32-35,38H2,1-8H3,(H2,81,104)(H,82,85)(H,83,86)(H,84,105)(H,87,106)(H,88,108)(H,89,107)(H,90,109)(H,91,113)(H,92,114)(H,93,99)(H,94,112)(H,95,110)(H,100,101)(H,102,103)/t42-,43-,54+,55+,56+,57+,58+,59+,64+,65+,77-,78-/m1/s1. The van der Waals surface area contributed by atoms with Crippen molar-refractivity contribution in [2.45, 2.75) is 184 Å². The summed E-state index contributed by atoms with van der Waals surface area (Å²) in [5.74, 6) is -16.2. The smallest absolute Gasteiger partial charge is 0.407 e. The fourth-order valence-corrected chi connectivity index (χ4v) is 13.0. The lowest BCUT2D eigenvalue weighted by Gasteiger charge is -2.37. The molecule has 0 bridgehead atoms. The maximum absolute atomic E-state index is 15.7. The van der Waals surface area contributed by atoms with Crippen molar-refractivity contribution in [3.05, 3.63) is 155 Å². The summed E-state index contributed by atoms with van der Waals surface area (Å²) in [5, 5.41) is 66.0. The molecule has 117 heavy (non-hydrogen) atoms. The maximum Gasteiger partial charge on any atom is 0.407 e. The van der Waals surface area contributed by atoms with Crippen LogP contribution in [-0.4, -0.2) is 234 Å². The summed E-state index contributed by atoms with van der Waals surface area (Å²) in [5.41, 5.74) is 5.27. The van der Waals surface area contributed by atoms with Gasteiger partial charge >= 0.3 is 18.0 Å². The molecular formula is C78H98F2N16O21. The van der Waals surface area contributed by atoms with Crippen LogP contribution in [0.4, 0.5) is 13.6 Å². The van der Waals surface area contributed by atoms with Crippen LogP contribution in [0, 0.1) is 18.6 Å². The average Bonchev–Trinajstić information content (AvgIpc) is 1.66. The van der Waals surface area contributed by atoms with Crippen LogP contribution in [0.15, 0.2) is 110 Å². The van der Waals surface area contributed by atoms with E-state index in [4.69, 9.17) is 19.9 Å². The van der Waals surface area contributed by atoms with Crippen LogP contribution in [-0.2, 0) is 99.2 Å². The summed E-state index contributed by atoms with van der Waals surface area (Å²) in [6.45, 7) is 6.84. The minimum absolute atomic E-state index is 0.0105. The Morgan fingerprint density at radius 2 is 1.26 bits per heavy atom. The number of aromatic amines is 2. The largest absolute Gasteiger partial charge is 0.497 e. The normalized spacial score (nSPS) is 16.1. The van der Waals surface area contributed by atoms with Crippen molar-refractivity contribution in [3.63, 3.8) is 0 Å². The number of aliphatic hydroxyl groups excluding tert-OH is 2. The molecule has 1 saturated heterocycles. The molecule has 39 heteroatoms. The predicted molar refractivity (Wildman–Crippen MR) is 411 cm³/mol. The number of aliphatic hydroxyl groups is 2. The number of carbonyl (C=O) groups is 14. The number of nitrogens with one attached hydrogen (secondary N) is 12. The number of nitrogens with zero attached hydrogens (tertiary/aromatic N) is 3. The molecule has 1 fully saturated rings. The molecule has 4 aromatic carbocycles. The molecule has 3 heterocycles. The number of benzene rings is 4. The Hall–Kier alpha value is -12.9. The zero-order valence-corrected chi connectivity index (χ0v) is 65.5. The highest BCUT2D eigenvalue weighted by molar-refractivity contribution is 6.01. The molecule has 0 unspecified atom stereocenters. The number of nitrogens with two attached hydrogens (primary N) is 1. The first kappa shape index (κ1) is 91.2. The van der Waals surface area contributed by atoms with Gasteiger partial charge in [0.1, 0.15) is 82.5 Å². The summed E-state index contributed by atoms with van der Waals surface area (Å²) in [6.07, 6.45) is -2.85.